The van der Waals surface area contributed by atoms with Crippen LogP contribution < -0.4 is 5.32 Å². The molecule has 14 heavy (non-hydrogen) atoms. The van der Waals surface area contributed by atoms with Gasteiger partial charge in [-0.15, -0.1) is 0 Å². The first-order valence-electron chi connectivity index (χ1n) is 5.09. The van der Waals surface area contributed by atoms with Crippen LogP contribution in [-0.2, 0) is 4.74 Å². The lowest BCUT2D eigenvalue weighted by atomic mass is 10.3. The molecule has 0 aromatic carbocycles. The van der Waals surface area contributed by atoms with E-state index < -0.39 is 0 Å². The first-order chi connectivity index (χ1) is 6.78. The van der Waals surface area contributed by atoms with Gasteiger partial charge < -0.3 is 10.1 Å². The Morgan fingerprint density at radius 1 is 1.36 bits per heavy atom. The van der Waals surface area contributed by atoms with E-state index in [4.69, 9.17) is 4.74 Å². The molecule has 0 aliphatic heterocycles. The van der Waals surface area contributed by atoms with Crippen molar-refractivity contribution in [1.82, 2.24) is 5.32 Å². The van der Waals surface area contributed by atoms with Gasteiger partial charge in [0.25, 0.3) is 0 Å². The average molecular weight is 195 g/mol. The van der Waals surface area contributed by atoms with Crippen molar-refractivity contribution < 1.29 is 4.74 Å². The van der Waals surface area contributed by atoms with Gasteiger partial charge in [0.05, 0.1) is 7.11 Å². The minimum Gasteiger partial charge on any atom is -0.497 e. The molecule has 0 bridgehead atoms. The van der Waals surface area contributed by atoms with Gasteiger partial charge in [-0.2, -0.15) is 0 Å². The summed E-state index contributed by atoms with van der Waals surface area (Å²) < 4.78 is 5.07. The van der Waals surface area contributed by atoms with Crippen molar-refractivity contribution in [2.75, 3.05) is 13.7 Å². The summed E-state index contributed by atoms with van der Waals surface area (Å²) in [6.07, 6.45) is 7.80. The van der Waals surface area contributed by atoms with E-state index in [1.54, 1.807) is 13.2 Å². The minimum atomic E-state index is 0.786. The molecule has 0 aromatic rings. The molecular weight excluding hydrogens is 174 g/mol. The largest absolute Gasteiger partial charge is 0.497 e. The first kappa shape index (κ1) is 12.8. The van der Waals surface area contributed by atoms with Gasteiger partial charge in [0.2, 0.25) is 0 Å². The van der Waals surface area contributed by atoms with Crippen LogP contribution in [0.25, 0.3) is 0 Å². The van der Waals surface area contributed by atoms with Gasteiger partial charge in [-0.25, -0.2) is 0 Å². The van der Waals surface area contributed by atoms with Crippen LogP contribution in [0.15, 0.2) is 36.3 Å². The van der Waals surface area contributed by atoms with Crippen LogP contribution >= 0.6 is 0 Å². The van der Waals surface area contributed by atoms with Gasteiger partial charge in [-0.1, -0.05) is 20.4 Å². The summed E-state index contributed by atoms with van der Waals surface area (Å²) in [6.45, 7) is 8.95. The molecule has 0 aliphatic rings. The van der Waals surface area contributed by atoms with Crippen molar-refractivity contribution in [1.29, 1.82) is 0 Å². The number of nitrogens with one attached hydrogen (secondary N) is 1. The Morgan fingerprint density at radius 2 is 2.07 bits per heavy atom. The lowest BCUT2D eigenvalue weighted by molar-refractivity contribution is 0.307. The lowest BCUT2D eigenvalue weighted by Crippen LogP contribution is -2.13. The molecule has 0 aromatic heterocycles. The van der Waals surface area contributed by atoms with Crippen LogP contribution in [0.3, 0.4) is 0 Å². The zero-order valence-electron chi connectivity index (χ0n) is 9.47. The topological polar surface area (TPSA) is 21.3 Å². The normalized spacial score (nSPS) is 12.5. The number of ether oxygens (including phenoxy) is 1. The summed E-state index contributed by atoms with van der Waals surface area (Å²) >= 11 is 0. The maximum Gasteiger partial charge on any atom is 0.118 e. The predicted octanol–water partition coefficient (Wildman–Crippen LogP) is 3.00. The molecule has 0 saturated carbocycles. The Morgan fingerprint density at radius 3 is 2.50 bits per heavy atom. The second kappa shape index (κ2) is 8.42. The van der Waals surface area contributed by atoms with Crippen molar-refractivity contribution >= 4 is 0 Å². The second-order valence-corrected chi connectivity index (χ2v) is 2.95. The third kappa shape index (κ3) is 5.46. The molecule has 0 saturated heterocycles. The maximum atomic E-state index is 5.07. The van der Waals surface area contributed by atoms with E-state index in [-0.39, 0.29) is 0 Å². The highest BCUT2D eigenvalue weighted by Gasteiger charge is 1.90. The second-order valence-electron chi connectivity index (χ2n) is 2.95. The van der Waals surface area contributed by atoms with E-state index in [1.807, 2.05) is 12.2 Å². The molecule has 0 atom stereocenters. The summed E-state index contributed by atoms with van der Waals surface area (Å²) in [6, 6.07) is 0. The van der Waals surface area contributed by atoms with Gasteiger partial charge >= 0.3 is 0 Å². The van der Waals surface area contributed by atoms with Gasteiger partial charge in [-0.05, 0) is 31.1 Å². The summed E-state index contributed by atoms with van der Waals surface area (Å²) in [7, 11) is 1.65. The molecule has 0 rings (SSSR count). The van der Waals surface area contributed by atoms with Crippen LogP contribution in [0.2, 0.25) is 0 Å². The molecule has 2 heteroatoms. The molecule has 80 valence electrons. The fourth-order valence-electron chi connectivity index (χ4n) is 0.989. The minimum absolute atomic E-state index is 0.786. The smallest absolute Gasteiger partial charge is 0.118 e. The molecule has 1 N–H and O–H groups in total. The third-order valence-electron chi connectivity index (χ3n) is 1.87. The summed E-state index contributed by atoms with van der Waals surface area (Å²) in [5, 5.41) is 3.35. The summed E-state index contributed by atoms with van der Waals surface area (Å²) in [5.74, 6) is 0.786. The zero-order valence-corrected chi connectivity index (χ0v) is 9.47. The monoisotopic (exact) mass is 195 g/mol. The summed E-state index contributed by atoms with van der Waals surface area (Å²) in [5.41, 5.74) is 1.23. The molecule has 0 fully saturated rings. The van der Waals surface area contributed by atoms with Gasteiger partial charge in [-0.3, -0.25) is 0 Å². The Labute approximate surface area is 87.3 Å². The van der Waals surface area contributed by atoms with E-state index in [0.29, 0.717) is 0 Å². The van der Waals surface area contributed by atoms with Gasteiger partial charge in [0, 0.05) is 12.2 Å². The number of methoxy groups -OCH3 is 1. The Bertz CT molecular complexity index is 216. The molecule has 0 aliphatic carbocycles. The van der Waals surface area contributed by atoms with E-state index in [9.17, 15) is 0 Å². The maximum absolute atomic E-state index is 5.07. The number of allylic oxidation sites excluding steroid dienone is 4. The van der Waals surface area contributed by atoms with Crippen LogP contribution in [0.4, 0.5) is 0 Å². The van der Waals surface area contributed by atoms with Crippen LogP contribution in [0, 0.1) is 0 Å². The molecular formula is C12H21NO. The summed E-state index contributed by atoms with van der Waals surface area (Å²) in [4.78, 5) is 0. The Hall–Kier alpha value is -1.18. The molecule has 2 nitrogen and oxygen atoms in total. The fraction of sp³-hybridized carbons (Fsp3) is 0.500. The fourth-order valence-corrected chi connectivity index (χ4v) is 0.989. The van der Waals surface area contributed by atoms with Crippen LogP contribution in [0.1, 0.15) is 26.7 Å². The molecule has 0 spiro atoms. The quantitative estimate of drug-likeness (QED) is 0.498. The molecule has 0 heterocycles. The van der Waals surface area contributed by atoms with Gasteiger partial charge in [0.15, 0.2) is 0 Å². The highest BCUT2D eigenvalue weighted by molar-refractivity contribution is 5.19. The highest BCUT2D eigenvalue weighted by Crippen LogP contribution is 2.01. The van der Waals surface area contributed by atoms with Crippen LogP contribution in [0.5, 0.6) is 0 Å². The van der Waals surface area contributed by atoms with Crippen LogP contribution in [-0.4, -0.2) is 13.7 Å². The van der Waals surface area contributed by atoms with E-state index in [2.05, 4.69) is 25.7 Å². The first-order valence-corrected chi connectivity index (χ1v) is 5.09. The molecule has 0 radical (unpaired) electrons. The van der Waals surface area contributed by atoms with Crippen molar-refractivity contribution in [2.45, 2.75) is 26.7 Å². The van der Waals surface area contributed by atoms with E-state index >= 15 is 0 Å². The van der Waals surface area contributed by atoms with Crippen molar-refractivity contribution in [3.05, 3.63) is 36.3 Å². The number of hydrogen-bond donors (Lipinski definition) is 1. The Balaban J connectivity index is 4.27. The van der Waals surface area contributed by atoms with Crippen molar-refractivity contribution in [3.63, 3.8) is 0 Å². The SMILES string of the molecule is C=C/C(=C\C=C(/CC)NCCC)OC. The predicted molar refractivity (Wildman–Crippen MR) is 62.0 cm³/mol. The van der Waals surface area contributed by atoms with E-state index in [0.717, 1.165) is 25.1 Å². The standard InChI is InChI=1S/C12H21NO/c1-5-10-13-11(6-2)8-9-12(7-3)14-4/h7-9,13H,3,5-6,10H2,1-2,4H3/b11-8+,12-9+. The molecule has 0 unspecified atom stereocenters. The zero-order chi connectivity index (χ0) is 10.8. The average Bonchev–Trinajstić information content (AvgIpc) is 2.23. The van der Waals surface area contributed by atoms with E-state index in [1.165, 1.54) is 5.70 Å². The van der Waals surface area contributed by atoms with Gasteiger partial charge in [0.1, 0.15) is 5.76 Å². The third-order valence-corrected chi connectivity index (χ3v) is 1.87. The highest BCUT2D eigenvalue weighted by atomic mass is 16.5. The Kier molecular flexibility index (Phi) is 7.71. The molecule has 0 amide bonds. The number of hydrogen-bond acceptors (Lipinski definition) is 2. The number of rotatable bonds is 7. The lowest BCUT2D eigenvalue weighted by Gasteiger charge is -2.06. The van der Waals surface area contributed by atoms with Crippen molar-refractivity contribution in [3.8, 4) is 0 Å². The van der Waals surface area contributed by atoms with Crippen molar-refractivity contribution in [2.24, 2.45) is 0 Å².